The van der Waals surface area contributed by atoms with Gasteiger partial charge in [0.15, 0.2) is 11.6 Å². The lowest BCUT2D eigenvalue weighted by Crippen LogP contribution is -2.47. The largest absolute Gasteiger partial charge is 0.368 e. The first-order valence-corrected chi connectivity index (χ1v) is 7.16. The van der Waals surface area contributed by atoms with Crippen LogP contribution in [0.3, 0.4) is 0 Å². The molecular formula is C15H17N5O2. The highest BCUT2D eigenvalue weighted by atomic mass is 16.1. The maximum absolute atomic E-state index is 11.3. The normalized spacial score (nSPS) is 15.0. The first kappa shape index (κ1) is 14.2. The third kappa shape index (κ3) is 2.98. The maximum Gasteiger partial charge on any atom is 0.363 e. The number of aromatic amines is 1. The van der Waals surface area contributed by atoms with Crippen LogP contribution in [0.25, 0.3) is 0 Å². The van der Waals surface area contributed by atoms with Crippen molar-refractivity contribution in [3.8, 4) is 0 Å². The van der Waals surface area contributed by atoms with Gasteiger partial charge < -0.3 is 9.80 Å². The molecule has 114 valence electrons. The predicted molar refractivity (Wildman–Crippen MR) is 83.5 cm³/mol. The zero-order valence-corrected chi connectivity index (χ0v) is 12.3. The molecule has 3 rings (SSSR count). The van der Waals surface area contributed by atoms with Crippen molar-refractivity contribution in [2.24, 2.45) is 0 Å². The van der Waals surface area contributed by atoms with Crippen molar-refractivity contribution in [1.82, 2.24) is 15.2 Å². The van der Waals surface area contributed by atoms with Crippen molar-refractivity contribution >= 4 is 17.3 Å². The van der Waals surface area contributed by atoms with Crippen molar-refractivity contribution in [2.45, 2.75) is 6.92 Å². The lowest BCUT2D eigenvalue weighted by Gasteiger charge is -2.36. The van der Waals surface area contributed by atoms with Gasteiger partial charge in [0.1, 0.15) is 0 Å². The van der Waals surface area contributed by atoms with Gasteiger partial charge >= 0.3 is 5.69 Å². The quantitative estimate of drug-likeness (QED) is 0.840. The van der Waals surface area contributed by atoms with Crippen LogP contribution in [0.4, 0.5) is 11.5 Å². The van der Waals surface area contributed by atoms with Crippen molar-refractivity contribution in [1.29, 1.82) is 0 Å². The smallest absolute Gasteiger partial charge is 0.363 e. The SMILES string of the molecule is CC(=O)c1ccc(N2CCN(c3cn[nH]c(=O)n3)CC2)cc1. The maximum atomic E-state index is 11.3. The number of carbonyl (C=O) groups excluding carboxylic acids is 1. The van der Waals surface area contributed by atoms with Crippen LogP contribution < -0.4 is 15.5 Å². The van der Waals surface area contributed by atoms with Gasteiger partial charge in [0.2, 0.25) is 0 Å². The van der Waals surface area contributed by atoms with Gasteiger partial charge in [0.05, 0.1) is 6.20 Å². The first-order chi connectivity index (χ1) is 10.6. The van der Waals surface area contributed by atoms with Gasteiger partial charge in [-0.3, -0.25) is 4.79 Å². The number of H-pyrrole nitrogens is 1. The van der Waals surface area contributed by atoms with E-state index in [4.69, 9.17) is 0 Å². The highest BCUT2D eigenvalue weighted by molar-refractivity contribution is 5.94. The second-order valence-electron chi connectivity index (χ2n) is 5.22. The summed E-state index contributed by atoms with van der Waals surface area (Å²) in [5.74, 6) is 0.680. The van der Waals surface area contributed by atoms with Crippen molar-refractivity contribution < 1.29 is 4.79 Å². The predicted octanol–water partition coefficient (Wildman–Crippen LogP) is 0.694. The highest BCUT2D eigenvalue weighted by Gasteiger charge is 2.18. The second-order valence-corrected chi connectivity index (χ2v) is 5.22. The van der Waals surface area contributed by atoms with Gasteiger partial charge in [-0.1, -0.05) is 0 Å². The van der Waals surface area contributed by atoms with Crippen LogP contribution in [0.2, 0.25) is 0 Å². The standard InChI is InChI=1S/C15H17N5O2/c1-11(21)12-2-4-13(5-3-12)19-6-8-20(9-7-19)14-10-16-18-15(22)17-14/h2-5,10H,6-9H2,1H3,(H,17,18,22). The summed E-state index contributed by atoms with van der Waals surface area (Å²) in [4.78, 5) is 30.7. The number of benzene rings is 1. The number of rotatable bonds is 3. The van der Waals surface area contributed by atoms with Crippen LogP contribution in [0, 0.1) is 0 Å². The fourth-order valence-electron chi connectivity index (χ4n) is 2.56. The number of piperazine rings is 1. The molecule has 0 atom stereocenters. The van der Waals surface area contributed by atoms with Crippen molar-refractivity contribution in [3.05, 3.63) is 46.5 Å². The average Bonchev–Trinajstić information content (AvgIpc) is 2.55. The van der Waals surface area contributed by atoms with Gasteiger partial charge in [-0.25, -0.2) is 9.89 Å². The molecule has 22 heavy (non-hydrogen) atoms. The summed E-state index contributed by atoms with van der Waals surface area (Å²) >= 11 is 0. The Morgan fingerprint density at radius 2 is 1.73 bits per heavy atom. The van der Waals surface area contributed by atoms with E-state index in [-0.39, 0.29) is 5.78 Å². The Hall–Kier alpha value is -2.70. The number of nitrogens with one attached hydrogen (secondary N) is 1. The Kier molecular flexibility index (Phi) is 3.86. The molecule has 0 saturated carbocycles. The minimum Gasteiger partial charge on any atom is -0.368 e. The number of aromatic nitrogens is 3. The van der Waals surface area contributed by atoms with E-state index < -0.39 is 5.69 Å². The van der Waals surface area contributed by atoms with E-state index in [1.807, 2.05) is 29.2 Å². The van der Waals surface area contributed by atoms with Crippen LogP contribution in [-0.4, -0.2) is 47.1 Å². The van der Waals surface area contributed by atoms with Gasteiger partial charge in [-0.15, -0.1) is 0 Å². The topological polar surface area (TPSA) is 82.2 Å². The van der Waals surface area contributed by atoms with Gasteiger partial charge in [-0.2, -0.15) is 10.1 Å². The molecule has 1 saturated heterocycles. The third-order valence-electron chi connectivity index (χ3n) is 3.80. The fraction of sp³-hybridized carbons (Fsp3) is 0.333. The van der Waals surface area contributed by atoms with Crippen molar-refractivity contribution in [3.63, 3.8) is 0 Å². The van der Waals surface area contributed by atoms with Crippen molar-refractivity contribution in [2.75, 3.05) is 36.0 Å². The molecule has 1 aromatic heterocycles. The summed E-state index contributed by atoms with van der Waals surface area (Å²) in [5, 5.41) is 6.05. The molecule has 1 fully saturated rings. The zero-order chi connectivity index (χ0) is 15.5. The number of nitrogens with zero attached hydrogens (tertiary/aromatic N) is 4. The molecule has 1 N–H and O–H groups in total. The lowest BCUT2D eigenvalue weighted by atomic mass is 10.1. The summed E-state index contributed by atoms with van der Waals surface area (Å²) in [6, 6.07) is 7.65. The Morgan fingerprint density at radius 3 is 2.32 bits per heavy atom. The number of ketones is 1. The van der Waals surface area contributed by atoms with E-state index in [0.29, 0.717) is 5.82 Å². The number of anilines is 2. The van der Waals surface area contributed by atoms with E-state index in [9.17, 15) is 9.59 Å². The molecule has 0 radical (unpaired) electrons. The summed E-state index contributed by atoms with van der Waals surface area (Å²) in [6.45, 7) is 4.76. The monoisotopic (exact) mass is 299 g/mol. The molecule has 0 bridgehead atoms. The van der Waals surface area contributed by atoms with E-state index in [0.717, 1.165) is 37.4 Å². The second kappa shape index (κ2) is 5.97. The third-order valence-corrected chi connectivity index (χ3v) is 3.80. The molecular weight excluding hydrogens is 282 g/mol. The number of Topliss-reactive ketones (excluding diaryl/α,β-unsaturated/α-hetero) is 1. The van der Waals surface area contributed by atoms with Gasteiger partial charge in [-0.05, 0) is 31.2 Å². The van der Waals surface area contributed by atoms with E-state index >= 15 is 0 Å². The van der Waals surface area contributed by atoms with E-state index in [1.165, 1.54) is 0 Å². The van der Waals surface area contributed by atoms with Crippen LogP contribution in [0.1, 0.15) is 17.3 Å². The van der Waals surface area contributed by atoms with E-state index in [1.54, 1.807) is 13.1 Å². The molecule has 7 heteroatoms. The van der Waals surface area contributed by atoms with Gasteiger partial charge in [0, 0.05) is 37.4 Å². The zero-order valence-electron chi connectivity index (χ0n) is 12.3. The van der Waals surface area contributed by atoms with Crippen LogP contribution in [0.15, 0.2) is 35.3 Å². The lowest BCUT2D eigenvalue weighted by molar-refractivity contribution is 0.101. The molecule has 0 amide bonds. The average molecular weight is 299 g/mol. The molecule has 1 aliphatic rings. The van der Waals surface area contributed by atoms with Crippen LogP contribution in [0.5, 0.6) is 0 Å². The summed E-state index contributed by atoms with van der Waals surface area (Å²) in [5.41, 5.74) is 1.39. The minimum absolute atomic E-state index is 0.0734. The molecule has 0 aliphatic carbocycles. The van der Waals surface area contributed by atoms with Gasteiger partial charge in [0.25, 0.3) is 0 Å². The highest BCUT2D eigenvalue weighted by Crippen LogP contribution is 2.19. The summed E-state index contributed by atoms with van der Waals surface area (Å²) in [7, 11) is 0. The Bertz CT molecular complexity index is 717. The summed E-state index contributed by atoms with van der Waals surface area (Å²) < 4.78 is 0. The molecule has 1 aliphatic heterocycles. The number of hydrogen-bond donors (Lipinski definition) is 1. The Balaban J connectivity index is 1.66. The van der Waals surface area contributed by atoms with Crippen LogP contribution in [-0.2, 0) is 0 Å². The number of carbonyl (C=O) groups is 1. The fourth-order valence-corrected chi connectivity index (χ4v) is 2.56. The first-order valence-electron chi connectivity index (χ1n) is 7.16. The summed E-state index contributed by atoms with van der Waals surface area (Å²) in [6.07, 6.45) is 1.57. The molecule has 1 aromatic carbocycles. The van der Waals surface area contributed by atoms with Crippen LogP contribution >= 0.6 is 0 Å². The molecule has 2 aromatic rings. The molecule has 7 nitrogen and oxygen atoms in total. The number of hydrogen-bond acceptors (Lipinski definition) is 6. The molecule has 0 spiro atoms. The minimum atomic E-state index is -0.431. The Morgan fingerprint density at radius 1 is 1.09 bits per heavy atom. The molecule has 2 heterocycles. The molecule has 0 unspecified atom stereocenters. The van der Waals surface area contributed by atoms with E-state index in [2.05, 4.69) is 20.1 Å². The Labute approximate surface area is 127 Å².